The Labute approximate surface area is 147 Å². The molecule has 0 spiro atoms. The molecule has 2 rings (SSSR count). The van der Waals surface area contributed by atoms with Crippen molar-refractivity contribution in [2.75, 3.05) is 7.11 Å². The average molecular weight is 354 g/mol. The fourth-order valence-corrected chi connectivity index (χ4v) is 3.28. The number of hydrogen-bond donors (Lipinski definition) is 1. The lowest BCUT2D eigenvalue weighted by Gasteiger charge is -2.36. The van der Waals surface area contributed by atoms with Crippen molar-refractivity contribution >= 4 is 23.5 Å². The molecule has 0 radical (unpaired) electrons. The van der Waals surface area contributed by atoms with E-state index in [1.54, 1.807) is 25.1 Å². The van der Waals surface area contributed by atoms with Gasteiger partial charge in [-0.25, -0.2) is 4.79 Å². The lowest BCUT2D eigenvalue weighted by Crippen LogP contribution is -2.58. The maximum Gasteiger partial charge on any atom is 0.331 e. The smallest absolute Gasteiger partial charge is 0.331 e. The van der Waals surface area contributed by atoms with E-state index in [0.717, 1.165) is 24.8 Å². The van der Waals surface area contributed by atoms with Crippen LogP contribution in [-0.4, -0.2) is 30.6 Å². The van der Waals surface area contributed by atoms with Crippen LogP contribution in [0.2, 0.25) is 5.02 Å². The fraction of sp³-hybridized carbons (Fsp3) is 0.556. The predicted octanol–water partition coefficient (Wildman–Crippen LogP) is 3.41. The number of esters is 1. The molecule has 0 aromatic heterocycles. The topological polar surface area (TPSA) is 64.6 Å². The van der Waals surface area contributed by atoms with E-state index >= 15 is 0 Å². The van der Waals surface area contributed by atoms with E-state index in [1.165, 1.54) is 7.11 Å². The SMILES string of the molecule is COC(=O)C1(NC(=O)C(C)Oc2ccc(Cl)cc2C)CCCCC1. The molecule has 1 N–H and O–H groups in total. The zero-order chi connectivity index (χ0) is 17.7. The quantitative estimate of drug-likeness (QED) is 0.824. The lowest BCUT2D eigenvalue weighted by molar-refractivity contribution is -0.153. The van der Waals surface area contributed by atoms with Gasteiger partial charge in [0.25, 0.3) is 5.91 Å². The Morgan fingerprint density at radius 2 is 1.92 bits per heavy atom. The summed E-state index contributed by atoms with van der Waals surface area (Å²) in [5.41, 5.74) is -0.0843. The standard InChI is InChI=1S/C18H24ClNO4/c1-12-11-14(19)7-8-15(12)24-13(2)16(21)20-18(17(22)23-3)9-5-4-6-10-18/h7-8,11,13H,4-6,9-10H2,1-3H3,(H,20,21). The van der Waals surface area contributed by atoms with Crippen LogP contribution < -0.4 is 10.1 Å². The van der Waals surface area contributed by atoms with Gasteiger partial charge in [-0.1, -0.05) is 30.9 Å². The van der Waals surface area contributed by atoms with Gasteiger partial charge in [0.15, 0.2) is 6.10 Å². The highest BCUT2D eigenvalue weighted by Gasteiger charge is 2.42. The van der Waals surface area contributed by atoms with Gasteiger partial charge in [0, 0.05) is 5.02 Å². The molecule has 1 aromatic carbocycles. The molecule has 132 valence electrons. The molecule has 0 heterocycles. The summed E-state index contributed by atoms with van der Waals surface area (Å²) in [6.07, 6.45) is 3.30. The number of methoxy groups -OCH3 is 1. The zero-order valence-corrected chi connectivity index (χ0v) is 15.1. The maximum atomic E-state index is 12.5. The number of rotatable bonds is 5. The van der Waals surface area contributed by atoms with E-state index in [9.17, 15) is 9.59 Å². The third kappa shape index (κ3) is 4.20. The molecule has 1 saturated carbocycles. The van der Waals surface area contributed by atoms with Crippen LogP contribution in [0.1, 0.15) is 44.6 Å². The van der Waals surface area contributed by atoms with Crippen molar-refractivity contribution in [2.24, 2.45) is 0 Å². The molecule has 0 saturated heterocycles. The Bertz CT molecular complexity index is 611. The summed E-state index contributed by atoms with van der Waals surface area (Å²) in [7, 11) is 1.35. The molecule has 1 aromatic rings. The van der Waals surface area contributed by atoms with E-state index in [-0.39, 0.29) is 11.9 Å². The number of amides is 1. The second-order valence-corrected chi connectivity index (χ2v) is 6.73. The van der Waals surface area contributed by atoms with Crippen molar-refractivity contribution in [2.45, 2.75) is 57.6 Å². The fourth-order valence-electron chi connectivity index (χ4n) is 3.06. The van der Waals surface area contributed by atoms with Crippen LogP contribution in [0.5, 0.6) is 5.75 Å². The van der Waals surface area contributed by atoms with E-state index in [4.69, 9.17) is 21.1 Å². The molecule has 5 nitrogen and oxygen atoms in total. The van der Waals surface area contributed by atoms with Gasteiger partial charge >= 0.3 is 5.97 Å². The summed E-state index contributed by atoms with van der Waals surface area (Å²) in [6.45, 7) is 3.53. The number of benzene rings is 1. The lowest BCUT2D eigenvalue weighted by atomic mass is 9.81. The first-order chi connectivity index (χ1) is 11.4. The second-order valence-electron chi connectivity index (χ2n) is 6.29. The van der Waals surface area contributed by atoms with Crippen molar-refractivity contribution in [3.8, 4) is 5.75 Å². The number of aryl methyl sites for hydroxylation is 1. The minimum Gasteiger partial charge on any atom is -0.481 e. The molecule has 24 heavy (non-hydrogen) atoms. The number of ether oxygens (including phenoxy) is 2. The van der Waals surface area contributed by atoms with Crippen LogP contribution in [-0.2, 0) is 14.3 Å². The van der Waals surface area contributed by atoms with Gasteiger partial charge < -0.3 is 14.8 Å². The number of hydrogen-bond acceptors (Lipinski definition) is 4. The largest absolute Gasteiger partial charge is 0.481 e. The first kappa shape index (κ1) is 18.6. The normalized spacial score (nSPS) is 17.7. The van der Waals surface area contributed by atoms with Gasteiger partial charge in [-0.15, -0.1) is 0 Å². The van der Waals surface area contributed by atoms with Crippen molar-refractivity contribution in [1.29, 1.82) is 0 Å². The van der Waals surface area contributed by atoms with Crippen molar-refractivity contribution < 1.29 is 19.1 Å². The maximum absolute atomic E-state index is 12.5. The van der Waals surface area contributed by atoms with Crippen molar-refractivity contribution in [3.63, 3.8) is 0 Å². The van der Waals surface area contributed by atoms with E-state index in [1.807, 2.05) is 6.92 Å². The molecule has 1 amide bonds. The summed E-state index contributed by atoms with van der Waals surface area (Å²) < 4.78 is 10.7. The highest BCUT2D eigenvalue weighted by atomic mass is 35.5. The van der Waals surface area contributed by atoms with Gasteiger partial charge in [-0.2, -0.15) is 0 Å². The monoisotopic (exact) mass is 353 g/mol. The van der Waals surface area contributed by atoms with Crippen LogP contribution in [0, 0.1) is 6.92 Å². The number of halogens is 1. The molecule has 1 fully saturated rings. The summed E-state index contributed by atoms with van der Waals surface area (Å²) in [5, 5.41) is 3.48. The first-order valence-electron chi connectivity index (χ1n) is 8.21. The average Bonchev–Trinajstić information content (AvgIpc) is 2.57. The Kier molecular flexibility index (Phi) is 6.10. The second kappa shape index (κ2) is 7.88. The van der Waals surface area contributed by atoms with Crippen LogP contribution >= 0.6 is 11.6 Å². The summed E-state index contributed by atoms with van der Waals surface area (Å²) >= 11 is 5.93. The molecule has 1 aliphatic rings. The van der Waals surface area contributed by atoms with Crippen molar-refractivity contribution in [1.82, 2.24) is 5.32 Å². The van der Waals surface area contributed by atoms with E-state index < -0.39 is 11.6 Å². The third-order valence-electron chi connectivity index (χ3n) is 4.46. The molecule has 1 aliphatic carbocycles. The van der Waals surface area contributed by atoms with Crippen LogP contribution in [0.3, 0.4) is 0 Å². The van der Waals surface area contributed by atoms with Crippen LogP contribution in [0.15, 0.2) is 18.2 Å². The van der Waals surface area contributed by atoms with Gasteiger partial charge in [0.05, 0.1) is 7.11 Å². The third-order valence-corrected chi connectivity index (χ3v) is 4.69. The van der Waals surface area contributed by atoms with Crippen molar-refractivity contribution in [3.05, 3.63) is 28.8 Å². The van der Waals surface area contributed by atoms with Crippen LogP contribution in [0.25, 0.3) is 0 Å². The van der Waals surface area contributed by atoms with Gasteiger partial charge in [-0.3, -0.25) is 4.79 Å². The summed E-state index contributed by atoms with van der Waals surface area (Å²) in [5.74, 6) is -0.111. The summed E-state index contributed by atoms with van der Waals surface area (Å²) in [6, 6.07) is 5.22. The molecule has 6 heteroatoms. The number of nitrogens with one attached hydrogen (secondary N) is 1. The van der Waals surface area contributed by atoms with Gasteiger partial charge in [0.2, 0.25) is 0 Å². The number of carbonyl (C=O) groups is 2. The summed E-state index contributed by atoms with van der Waals surface area (Å²) in [4.78, 5) is 24.8. The highest BCUT2D eigenvalue weighted by molar-refractivity contribution is 6.30. The molecule has 1 atom stereocenters. The van der Waals surface area contributed by atoms with E-state index in [0.29, 0.717) is 23.6 Å². The molecular formula is C18H24ClNO4. The highest BCUT2D eigenvalue weighted by Crippen LogP contribution is 2.30. The van der Waals surface area contributed by atoms with Gasteiger partial charge in [0.1, 0.15) is 11.3 Å². The zero-order valence-electron chi connectivity index (χ0n) is 14.4. The Hall–Kier alpha value is -1.75. The predicted molar refractivity (Wildman–Crippen MR) is 92.3 cm³/mol. The number of carbonyl (C=O) groups excluding carboxylic acids is 2. The minimum absolute atomic E-state index is 0.323. The molecule has 1 unspecified atom stereocenters. The molecular weight excluding hydrogens is 330 g/mol. The van der Waals surface area contributed by atoms with E-state index in [2.05, 4.69) is 5.32 Å². The first-order valence-corrected chi connectivity index (χ1v) is 8.59. The Balaban J connectivity index is 2.07. The Morgan fingerprint density at radius 1 is 1.25 bits per heavy atom. The molecule has 0 bridgehead atoms. The van der Waals surface area contributed by atoms with Crippen LogP contribution in [0.4, 0.5) is 0 Å². The Morgan fingerprint density at radius 3 is 2.50 bits per heavy atom. The van der Waals surface area contributed by atoms with Gasteiger partial charge in [-0.05, 0) is 50.5 Å². The minimum atomic E-state index is -0.934. The molecule has 0 aliphatic heterocycles.